The summed E-state index contributed by atoms with van der Waals surface area (Å²) in [7, 11) is 3.51. The maximum absolute atomic E-state index is 5.13. The first-order valence-electron chi connectivity index (χ1n) is 7.14. The highest BCUT2D eigenvalue weighted by Gasteiger charge is 2.03. The van der Waals surface area contributed by atoms with Gasteiger partial charge in [0.1, 0.15) is 0 Å². The Bertz CT molecular complexity index is 158. The highest BCUT2D eigenvalue weighted by Crippen LogP contribution is 1.99. The van der Waals surface area contributed by atoms with Gasteiger partial charge >= 0.3 is 0 Å². The molecule has 110 valence electrons. The van der Waals surface area contributed by atoms with Crippen LogP contribution in [0.3, 0.4) is 0 Å². The van der Waals surface area contributed by atoms with E-state index < -0.39 is 0 Å². The highest BCUT2D eigenvalue weighted by atomic mass is 16.5. The van der Waals surface area contributed by atoms with Crippen LogP contribution < -0.4 is 5.32 Å². The van der Waals surface area contributed by atoms with Gasteiger partial charge in [-0.25, -0.2) is 0 Å². The second kappa shape index (κ2) is 13.3. The maximum atomic E-state index is 5.13. The molecular formula is C14H32N2O2. The molecule has 0 saturated carbocycles. The topological polar surface area (TPSA) is 33.7 Å². The van der Waals surface area contributed by atoms with Crippen LogP contribution >= 0.6 is 0 Å². The van der Waals surface area contributed by atoms with Crippen LogP contribution in [0.1, 0.15) is 33.1 Å². The lowest BCUT2D eigenvalue weighted by atomic mass is 10.2. The van der Waals surface area contributed by atoms with Crippen LogP contribution in [0.5, 0.6) is 0 Å². The van der Waals surface area contributed by atoms with Crippen molar-refractivity contribution in [3.8, 4) is 0 Å². The Morgan fingerprint density at radius 1 is 0.889 bits per heavy atom. The molecule has 0 aromatic rings. The van der Waals surface area contributed by atoms with Crippen molar-refractivity contribution >= 4 is 0 Å². The Morgan fingerprint density at radius 2 is 1.50 bits per heavy atom. The normalized spacial score (nSPS) is 11.7. The van der Waals surface area contributed by atoms with Gasteiger partial charge in [0, 0.05) is 33.4 Å². The van der Waals surface area contributed by atoms with E-state index in [1.807, 2.05) is 0 Å². The Morgan fingerprint density at radius 3 is 2.00 bits per heavy atom. The van der Waals surface area contributed by atoms with E-state index in [-0.39, 0.29) is 0 Å². The monoisotopic (exact) mass is 260 g/mol. The number of nitrogens with zero attached hydrogens (tertiary/aromatic N) is 1. The summed E-state index contributed by atoms with van der Waals surface area (Å²) in [6.45, 7) is 10.3. The van der Waals surface area contributed by atoms with E-state index in [9.17, 15) is 0 Å². The molecule has 0 aliphatic heterocycles. The van der Waals surface area contributed by atoms with Crippen molar-refractivity contribution < 1.29 is 9.47 Å². The molecule has 0 unspecified atom stereocenters. The van der Waals surface area contributed by atoms with Crippen LogP contribution in [0.2, 0.25) is 0 Å². The average Bonchev–Trinajstić information content (AvgIpc) is 2.35. The molecule has 0 aliphatic rings. The lowest BCUT2D eigenvalue weighted by Crippen LogP contribution is -2.31. The minimum atomic E-state index is 0.602. The van der Waals surface area contributed by atoms with E-state index in [0.29, 0.717) is 6.04 Å². The van der Waals surface area contributed by atoms with Crippen LogP contribution in [0.4, 0.5) is 0 Å². The molecule has 0 rings (SSSR count). The molecule has 1 N–H and O–H groups in total. The van der Waals surface area contributed by atoms with Gasteiger partial charge in [0.25, 0.3) is 0 Å². The van der Waals surface area contributed by atoms with Gasteiger partial charge in [-0.3, -0.25) is 4.90 Å². The lowest BCUT2D eigenvalue weighted by molar-refractivity contribution is 0.113. The van der Waals surface area contributed by atoms with Crippen molar-refractivity contribution in [2.45, 2.75) is 39.2 Å². The minimum Gasteiger partial charge on any atom is -0.383 e. The number of unbranched alkanes of at least 4 members (excludes halogenated alkanes) is 2. The standard InChI is InChI=1S/C14H32N2O2/c1-14(2)15-8-6-5-7-9-16(10-12-17-3)11-13-18-4/h14-15H,5-13H2,1-4H3. The Kier molecular flexibility index (Phi) is 13.2. The van der Waals surface area contributed by atoms with E-state index in [2.05, 4.69) is 24.1 Å². The molecule has 0 aromatic carbocycles. The first kappa shape index (κ1) is 17.8. The van der Waals surface area contributed by atoms with Crippen molar-refractivity contribution in [2.24, 2.45) is 0 Å². The predicted octanol–water partition coefficient (Wildman–Crippen LogP) is 1.75. The van der Waals surface area contributed by atoms with E-state index in [0.717, 1.165) is 39.4 Å². The molecule has 0 amide bonds. The third-order valence-corrected chi connectivity index (χ3v) is 2.93. The molecule has 0 bridgehead atoms. The number of rotatable bonds is 13. The minimum absolute atomic E-state index is 0.602. The fourth-order valence-corrected chi connectivity index (χ4v) is 1.80. The van der Waals surface area contributed by atoms with Crippen LogP contribution in [0.15, 0.2) is 0 Å². The zero-order valence-corrected chi connectivity index (χ0v) is 12.7. The predicted molar refractivity (Wildman–Crippen MR) is 77.2 cm³/mol. The van der Waals surface area contributed by atoms with E-state index in [4.69, 9.17) is 9.47 Å². The second-order valence-electron chi connectivity index (χ2n) is 5.00. The fourth-order valence-electron chi connectivity index (χ4n) is 1.80. The molecule has 0 aromatic heterocycles. The summed E-state index contributed by atoms with van der Waals surface area (Å²) in [4.78, 5) is 2.42. The molecule has 0 atom stereocenters. The van der Waals surface area contributed by atoms with Crippen molar-refractivity contribution in [3.05, 3.63) is 0 Å². The van der Waals surface area contributed by atoms with E-state index >= 15 is 0 Å². The van der Waals surface area contributed by atoms with Crippen molar-refractivity contribution in [1.29, 1.82) is 0 Å². The summed E-state index contributed by atoms with van der Waals surface area (Å²) >= 11 is 0. The van der Waals surface area contributed by atoms with Crippen LogP contribution in [-0.4, -0.2) is 64.6 Å². The number of nitrogens with one attached hydrogen (secondary N) is 1. The largest absolute Gasteiger partial charge is 0.383 e. The number of ether oxygens (including phenoxy) is 2. The van der Waals surface area contributed by atoms with Crippen LogP contribution in [0.25, 0.3) is 0 Å². The molecule has 0 heterocycles. The first-order valence-corrected chi connectivity index (χ1v) is 7.14. The van der Waals surface area contributed by atoms with E-state index in [1.165, 1.54) is 19.3 Å². The molecule has 4 nitrogen and oxygen atoms in total. The van der Waals surface area contributed by atoms with Crippen LogP contribution in [-0.2, 0) is 9.47 Å². The van der Waals surface area contributed by atoms with Gasteiger partial charge in [0.15, 0.2) is 0 Å². The number of hydrogen-bond acceptors (Lipinski definition) is 4. The molecule has 0 fully saturated rings. The Hall–Kier alpha value is -0.160. The van der Waals surface area contributed by atoms with Gasteiger partial charge in [0.05, 0.1) is 13.2 Å². The average molecular weight is 260 g/mol. The van der Waals surface area contributed by atoms with Crippen LogP contribution in [0, 0.1) is 0 Å². The molecule has 4 heteroatoms. The molecular weight excluding hydrogens is 228 g/mol. The summed E-state index contributed by atoms with van der Waals surface area (Å²) in [5, 5.41) is 3.45. The SMILES string of the molecule is COCCN(CCCCCNC(C)C)CCOC. The van der Waals surface area contributed by atoms with Gasteiger partial charge in [0.2, 0.25) is 0 Å². The van der Waals surface area contributed by atoms with Crippen molar-refractivity contribution in [1.82, 2.24) is 10.2 Å². The molecule has 0 aliphatic carbocycles. The maximum Gasteiger partial charge on any atom is 0.0589 e. The van der Waals surface area contributed by atoms with Gasteiger partial charge in [-0.2, -0.15) is 0 Å². The zero-order valence-electron chi connectivity index (χ0n) is 12.7. The molecule has 0 saturated heterocycles. The number of hydrogen-bond donors (Lipinski definition) is 1. The third-order valence-electron chi connectivity index (χ3n) is 2.93. The summed E-state index contributed by atoms with van der Waals surface area (Å²) in [5.41, 5.74) is 0. The Labute approximate surface area is 113 Å². The fraction of sp³-hybridized carbons (Fsp3) is 1.00. The van der Waals surface area contributed by atoms with Crippen molar-refractivity contribution in [2.75, 3.05) is 53.6 Å². The molecule has 0 spiro atoms. The van der Waals surface area contributed by atoms with Crippen molar-refractivity contribution in [3.63, 3.8) is 0 Å². The lowest BCUT2D eigenvalue weighted by Gasteiger charge is -2.21. The quantitative estimate of drug-likeness (QED) is 0.512. The Balaban J connectivity index is 3.49. The van der Waals surface area contributed by atoms with Gasteiger partial charge in [-0.15, -0.1) is 0 Å². The van der Waals surface area contributed by atoms with Gasteiger partial charge in [-0.05, 0) is 25.9 Å². The zero-order chi connectivity index (χ0) is 13.6. The molecule has 0 radical (unpaired) electrons. The van der Waals surface area contributed by atoms with Gasteiger partial charge in [-0.1, -0.05) is 20.3 Å². The summed E-state index contributed by atoms with van der Waals surface area (Å²) in [5.74, 6) is 0. The first-order chi connectivity index (χ1) is 8.70. The number of methoxy groups -OCH3 is 2. The van der Waals surface area contributed by atoms with Gasteiger partial charge < -0.3 is 14.8 Å². The summed E-state index contributed by atoms with van der Waals surface area (Å²) in [6, 6.07) is 0.602. The van der Waals surface area contributed by atoms with E-state index in [1.54, 1.807) is 14.2 Å². The smallest absolute Gasteiger partial charge is 0.0589 e. The second-order valence-corrected chi connectivity index (χ2v) is 5.00. The summed E-state index contributed by atoms with van der Waals surface area (Å²) < 4.78 is 10.3. The third kappa shape index (κ3) is 12.3. The molecule has 18 heavy (non-hydrogen) atoms. The highest BCUT2D eigenvalue weighted by molar-refractivity contribution is 4.59. The summed E-state index contributed by atoms with van der Waals surface area (Å²) in [6.07, 6.45) is 3.81.